The number of rotatable bonds is 7. The fourth-order valence-corrected chi connectivity index (χ4v) is 5.20. The molecule has 1 aliphatic rings. The molecule has 0 saturated carbocycles. The number of amides is 1. The Morgan fingerprint density at radius 1 is 1.18 bits per heavy atom. The number of ether oxygens (including phenoxy) is 1. The average molecular weight is 480 g/mol. The van der Waals surface area contributed by atoms with Crippen molar-refractivity contribution in [2.45, 2.75) is 37.9 Å². The van der Waals surface area contributed by atoms with Gasteiger partial charge in [-0.2, -0.15) is 0 Å². The van der Waals surface area contributed by atoms with E-state index in [4.69, 9.17) is 9.72 Å². The predicted octanol–water partition coefficient (Wildman–Crippen LogP) is 3.78. The van der Waals surface area contributed by atoms with Crippen molar-refractivity contribution in [3.63, 3.8) is 0 Å². The smallest absolute Gasteiger partial charge is 0.337 e. The molecule has 1 aliphatic heterocycles. The molecule has 1 atom stereocenters. The minimum absolute atomic E-state index is 0.0591. The molecule has 0 spiro atoms. The van der Waals surface area contributed by atoms with Crippen LogP contribution in [0.25, 0.3) is 10.9 Å². The number of esters is 1. The van der Waals surface area contributed by atoms with E-state index < -0.39 is 5.97 Å². The number of benzene rings is 2. The van der Waals surface area contributed by atoms with Crippen molar-refractivity contribution < 1.29 is 14.3 Å². The van der Waals surface area contributed by atoms with Gasteiger partial charge in [0.15, 0.2) is 5.16 Å². The van der Waals surface area contributed by atoms with Gasteiger partial charge in [-0.3, -0.25) is 14.2 Å². The van der Waals surface area contributed by atoms with E-state index in [0.717, 1.165) is 31.5 Å². The summed E-state index contributed by atoms with van der Waals surface area (Å²) in [4.78, 5) is 44.9. The summed E-state index contributed by atoms with van der Waals surface area (Å²) < 4.78 is 6.45. The molecular weight excluding hydrogens is 450 g/mol. The normalized spacial score (nSPS) is 15.9. The molecule has 1 amide bonds. The van der Waals surface area contributed by atoms with E-state index in [0.29, 0.717) is 40.5 Å². The van der Waals surface area contributed by atoms with Crippen LogP contribution in [-0.2, 0) is 22.5 Å². The monoisotopic (exact) mass is 479 g/mol. The summed E-state index contributed by atoms with van der Waals surface area (Å²) in [5.74, 6) is 0.291. The minimum Gasteiger partial charge on any atom is -0.465 e. The maximum atomic E-state index is 13.4. The quantitative estimate of drug-likeness (QED) is 0.291. The van der Waals surface area contributed by atoms with Crippen molar-refractivity contribution >= 4 is 34.5 Å². The highest BCUT2D eigenvalue weighted by Gasteiger charge is 2.22. The second-order valence-corrected chi connectivity index (χ2v) is 9.63. The van der Waals surface area contributed by atoms with Gasteiger partial charge < -0.3 is 9.64 Å². The van der Waals surface area contributed by atoms with Crippen LogP contribution >= 0.6 is 11.8 Å². The molecule has 1 saturated heterocycles. The topological polar surface area (TPSA) is 81.5 Å². The van der Waals surface area contributed by atoms with Crippen LogP contribution in [0.3, 0.4) is 0 Å². The molecule has 0 radical (unpaired) electrons. The Kier molecular flexibility index (Phi) is 7.67. The number of piperidine rings is 1. The van der Waals surface area contributed by atoms with Crippen LogP contribution in [0, 0.1) is 5.92 Å². The van der Waals surface area contributed by atoms with Crippen molar-refractivity contribution in [2.24, 2.45) is 5.92 Å². The lowest BCUT2D eigenvalue weighted by Gasteiger charge is -2.30. The lowest BCUT2D eigenvalue weighted by atomic mass is 10.0. The fraction of sp³-hybridized carbons (Fsp3) is 0.385. The predicted molar refractivity (Wildman–Crippen MR) is 133 cm³/mol. The Labute approximate surface area is 203 Å². The molecule has 0 bridgehead atoms. The Hall–Kier alpha value is -3.13. The average Bonchev–Trinajstić information content (AvgIpc) is 2.86. The second kappa shape index (κ2) is 10.9. The highest BCUT2D eigenvalue weighted by molar-refractivity contribution is 7.99. The van der Waals surface area contributed by atoms with Crippen molar-refractivity contribution in [3.8, 4) is 0 Å². The van der Waals surface area contributed by atoms with Gasteiger partial charge in [0, 0.05) is 19.6 Å². The van der Waals surface area contributed by atoms with Gasteiger partial charge in [0.1, 0.15) is 0 Å². The van der Waals surface area contributed by atoms with Crippen molar-refractivity contribution in [1.82, 2.24) is 14.5 Å². The van der Waals surface area contributed by atoms with Crippen LogP contribution in [0.1, 0.15) is 35.7 Å². The fourth-order valence-electron chi connectivity index (χ4n) is 4.27. The maximum absolute atomic E-state index is 13.4. The van der Waals surface area contributed by atoms with Crippen LogP contribution in [0.15, 0.2) is 58.5 Å². The van der Waals surface area contributed by atoms with E-state index in [9.17, 15) is 14.4 Å². The molecule has 4 rings (SSSR count). The van der Waals surface area contributed by atoms with E-state index in [2.05, 4.69) is 6.92 Å². The molecule has 0 N–H and O–H groups in total. The number of carbonyl (C=O) groups is 2. The first-order valence-corrected chi connectivity index (χ1v) is 12.5. The summed E-state index contributed by atoms with van der Waals surface area (Å²) in [6.07, 6.45) is 2.83. The first-order valence-electron chi connectivity index (χ1n) is 11.5. The number of carbonyl (C=O) groups excluding carboxylic acids is 2. The van der Waals surface area contributed by atoms with Crippen molar-refractivity contribution in [1.29, 1.82) is 0 Å². The van der Waals surface area contributed by atoms with E-state index in [-0.39, 0.29) is 17.2 Å². The summed E-state index contributed by atoms with van der Waals surface area (Å²) in [6.45, 7) is 4.16. The zero-order valence-electron chi connectivity index (χ0n) is 19.5. The second-order valence-electron chi connectivity index (χ2n) is 8.69. The Balaban J connectivity index is 1.64. The molecule has 1 unspecified atom stereocenters. The Morgan fingerprint density at radius 3 is 2.71 bits per heavy atom. The summed E-state index contributed by atoms with van der Waals surface area (Å²) in [5.41, 5.74) is 1.69. The summed E-state index contributed by atoms with van der Waals surface area (Å²) in [5, 5.41) is 0.912. The molecule has 2 aromatic carbocycles. The van der Waals surface area contributed by atoms with Gasteiger partial charge in [0.2, 0.25) is 5.91 Å². The van der Waals surface area contributed by atoms with Crippen LogP contribution in [0.2, 0.25) is 0 Å². The number of hydrogen-bond acceptors (Lipinski definition) is 6. The largest absolute Gasteiger partial charge is 0.465 e. The third kappa shape index (κ3) is 5.50. The molecule has 1 fully saturated rings. The summed E-state index contributed by atoms with van der Waals surface area (Å²) in [6, 6.07) is 14.7. The standard InChI is InChI=1S/C26H29N3O4S/c1-18-7-6-13-28(16-18)23(30)17-34-26-27-22-15-20(25(32)33-2)10-11-21(22)24(31)29(26)14-12-19-8-4-3-5-9-19/h3-5,8-11,15,18H,6-7,12-14,16-17H2,1-2H3. The number of fused-ring (bicyclic) bond motifs is 1. The van der Waals surface area contributed by atoms with E-state index in [1.807, 2.05) is 35.2 Å². The van der Waals surface area contributed by atoms with Gasteiger partial charge in [0.25, 0.3) is 5.56 Å². The van der Waals surface area contributed by atoms with Gasteiger partial charge >= 0.3 is 5.97 Å². The van der Waals surface area contributed by atoms with Gasteiger partial charge in [-0.1, -0.05) is 49.0 Å². The Bertz CT molecular complexity index is 1240. The molecule has 3 aromatic rings. The maximum Gasteiger partial charge on any atom is 0.337 e. The van der Waals surface area contributed by atoms with E-state index in [1.54, 1.807) is 22.8 Å². The van der Waals surface area contributed by atoms with Crippen LogP contribution in [0.5, 0.6) is 0 Å². The molecule has 34 heavy (non-hydrogen) atoms. The molecular formula is C26H29N3O4S. The number of hydrogen-bond donors (Lipinski definition) is 0. The minimum atomic E-state index is -0.486. The van der Waals surface area contributed by atoms with E-state index >= 15 is 0 Å². The van der Waals surface area contributed by atoms with Gasteiger partial charge in [-0.05, 0) is 48.9 Å². The molecule has 2 heterocycles. The molecule has 0 aliphatic carbocycles. The Morgan fingerprint density at radius 2 is 1.97 bits per heavy atom. The molecule has 1 aromatic heterocycles. The van der Waals surface area contributed by atoms with Crippen molar-refractivity contribution in [2.75, 3.05) is 26.0 Å². The number of aromatic nitrogens is 2. The number of aryl methyl sites for hydroxylation is 1. The lowest BCUT2D eigenvalue weighted by molar-refractivity contribution is -0.130. The van der Waals surface area contributed by atoms with Gasteiger partial charge in [-0.25, -0.2) is 9.78 Å². The van der Waals surface area contributed by atoms with Gasteiger partial charge in [-0.15, -0.1) is 0 Å². The number of nitrogens with zero attached hydrogens (tertiary/aromatic N) is 3. The molecule has 178 valence electrons. The number of methoxy groups -OCH3 is 1. The highest BCUT2D eigenvalue weighted by Crippen LogP contribution is 2.22. The summed E-state index contributed by atoms with van der Waals surface area (Å²) >= 11 is 1.28. The van der Waals surface area contributed by atoms with Gasteiger partial charge in [0.05, 0.1) is 29.3 Å². The third-order valence-electron chi connectivity index (χ3n) is 6.14. The third-order valence-corrected chi connectivity index (χ3v) is 7.10. The summed E-state index contributed by atoms with van der Waals surface area (Å²) in [7, 11) is 1.32. The van der Waals surface area contributed by atoms with Crippen LogP contribution in [0.4, 0.5) is 0 Å². The SMILES string of the molecule is COC(=O)c1ccc2c(=O)n(CCc3ccccc3)c(SCC(=O)N3CCCC(C)C3)nc2c1. The number of likely N-dealkylation sites (tertiary alicyclic amines) is 1. The zero-order chi connectivity index (χ0) is 24.1. The first kappa shape index (κ1) is 24.0. The molecule has 8 heteroatoms. The number of thioether (sulfide) groups is 1. The van der Waals surface area contributed by atoms with Crippen LogP contribution in [-0.4, -0.2) is 52.3 Å². The first-order chi connectivity index (χ1) is 16.5. The van der Waals surface area contributed by atoms with E-state index in [1.165, 1.54) is 18.9 Å². The zero-order valence-corrected chi connectivity index (χ0v) is 20.3. The highest BCUT2D eigenvalue weighted by atomic mass is 32.2. The van der Waals surface area contributed by atoms with Crippen molar-refractivity contribution in [3.05, 3.63) is 70.0 Å². The molecule has 7 nitrogen and oxygen atoms in total. The van der Waals surface area contributed by atoms with Crippen LogP contribution < -0.4 is 5.56 Å². The lowest BCUT2D eigenvalue weighted by Crippen LogP contribution is -2.40.